The molecule has 0 unspecified atom stereocenters. The number of benzene rings is 1. The minimum absolute atomic E-state index is 0.00573. The van der Waals surface area contributed by atoms with Crippen LogP contribution < -0.4 is 0 Å². The van der Waals surface area contributed by atoms with Crippen molar-refractivity contribution in [1.82, 2.24) is 9.88 Å². The molecule has 1 aromatic heterocycles. The van der Waals surface area contributed by atoms with Crippen molar-refractivity contribution in [3.05, 3.63) is 41.3 Å². The predicted molar refractivity (Wildman–Crippen MR) is 71.6 cm³/mol. The van der Waals surface area contributed by atoms with Crippen molar-refractivity contribution in [2.45, 2.75) is 19.8 Å². The summed E-state index contributed by atoms with van der Waals surface area (Å²) >= 11 is 0. The first-order valence-electron chi connectivity index (χ1n) is 6.50. The van der Waals surface area contributed by atoms with Crippen LogP contribution in [0.4, 0.5) is 4.39 Å². The minimum Gasteiger partial charge on any atom is -0.339 e. The van der Waals surface area contributed by atoms with E-state index in [-0.39, 0.29) is 11.7 Å². The Morgan fingerprint density at radius 1 is 1.26 bits per heavy atom. The molecule has 19 heavy (non-hydrogen) atoms. The summed E-state index contributed by atoms with van der Waals surface area (Å²) in [5, 5.41) is 0.683. The van der Waals surface area contributed by atoms with E-state index < -0.39 is 0 Å². The summed E-state index contributed by atoms with van der Waals surface area (Å²) in [4.78, 5) is 18.2. The highest BCUT2D eigenvalue weighted by atomic mass is 19.1. The van der Waals surface area contributed by atoms with E-state index in [4.69, 9.17) is 0 Å². The van der Waals surface area contributed by atoms with Crippen LogP contribution >= 0.6 is 0 Å². The van der Waals surface area contributed by atoms with E-state index in [9.17, 15) is 9.18 Å². The van der Waals surface area contributed by atoms with E-state index in [2.05, 4.69) is 4.98 Å². The van der Waals surface area contributed by atoms with Crippen LogP contribution in [0.1, 0.15) is 28.8 Å². The molecule has 0 atom stereocenters. The summed E-state index contributed by atoms with van der Waals surface area (Å²) in [6.45, 7) is 3.44. The topological polar surface area (TPSA) is 33.2 Å². The van der Waals surface area contributed by atoms with Gasteiger partial charge in [0.1, 0.15) is 11.3 Å². The predicted octanol–water partition coefficient (Wildman–Crippen LogP) is 2.92. The number of fused-ring (bicyclic) bond motifs is 1. The Kier molecular flexibility index (Phi) is 2.93. The standard InChI is InChI=1S/C15H15FN2O/c1-10-6-11-8-12(9-17-14(11)13(16)7-10)15(19)18-4-2-3-5-18/h6-9H,2-5H2,1H3. The van der Waals surface area contributed by atoms with Gasteiger partial charge in [0, 0.05) is 24.7 Å². The molecule has 1 amide bonds. The number of aromatic nitrogens is 1. The lowest BCUT2D eigenvalue weighted by Crippen LogP contribution is -2.27. The molecule has 98 valence electrons. The molecule has 4 heteroatoms. The van der Waals surface area contributed by atoms with Crippen molar-refractivity contribution in [3.63, 3.8) is 0 Å². The fourth-order valence-electron chi connectivity index (χ4n) is 2.57. The van der Waals surface area contributed by atoms with E-state index >= 15 is 0 Å². The van der Waals surface area contributed by atoms with Crippen molar-refractivity contribution in [2.75, 3.05) is 13.1 Å². The Labute approximate surface area is 111 Å². The maximum atomic E-state index is 13.7. The zero-order chi connectivity index (χ0) is 13.4. The Balaban J connectivity index is 2.03. The van der Waals surface area contributed by atoms with Crippen LogP contribution in [0.5, 0.6) is 0 Å². The molecule has 0 bridgehead atoms. The van der Waals surface area contributed by atoms with Crippen molar-refractivity contribution in [2.24, 2.45) is 0 Å². The number of halogens is 1. The average Bonchev–Trinajstić information content (AvgIpc) is 2.90. The lowest BCUT2D eigenvalue weighted by Gasteiger charge is -2.15. The van der Waals surface area contributed by atoms with E-state index in [0.29, 0.717) is 16.5 Å². The number of amides is 1. The minimum atomic E-state index is -0.338. The molecule has 2 aromatic rings. The lowest BCUT2D eigenvalue weighted by molar-refractivity contribution is 0.0792. The van der Waals surface area contributed by atoms with Crippen molar-refractivity contribution in [3.8, 4) is 0 Å². The number of nitrogens with zero attached hydrogens (tertiary/aromatic N) is 2. The SMILES string of the molecule is Cc1cc(F)c2ncc(C(=O)N3CCCC3)cc2c1. The van der Waals surface area contributed by atoms with Crippen LogP contribution in [-0.4, -0.2) is 28.9 Å². The second kappa shape index (κ2) is 4.61. The largest absolute Gasteiger partial charge is 0.339 e. The highest BCUT2D eigenvalue weighted by Gasteiger charge is 2.20. The number of pyridine rings is 1. The van der Waals surface area contributed by atoms with Gasteiger partial charge in [-0.05, 0) is 43.5 Å². The fourth-order valence-corrected chi connectivity index (χ4v) is 2.57. The number of carbonyl (C=O) groups excluding carboxylic acids is 1. The molecular weight excluding hydrogens is 243 g/mol. The van der Waals surface area contributed by atoms with Crippen LogP contribution in [0.25, 0.3) is 10.9 Å². The van der Waals surface area contributed by atoms with Gasteiger partial charge in [-0.3, -0.25) is 9.78 Å². The third-order valence-electron chi connectivity index (χ3n) is 3.52. The van der Waals surface area contributed by atoms with Gasteiger partial charge in [0.05, 0.1) is 5.56 Å². The quantitative estimate of drug-likeness (QED) is 0.788. The Morgan fingerprint density at radius 3 is 2.74 bits per heavy atom. The van der Waals surface area contributed by atoms with Crippen LogP contribution in [-0.2, 0) is 0 Å². The second-order valence-electron chi connectivity index (χ2n) is 5.04. The Bertz CT molecular complexity index is 648. The maximum Gasteiger partial charge on any atom is 0.255 e. The molecule has 1 aliphatic rings. The molecule has 0 N–H and O–H groups in total. The van der Waals surface area contributed by atoms with Gasteiger partial charge in [0.2, 0.25) is 0 Å². The summed E-state index contributed by atoms with van der Waals surface area (Å²) in [5.41, 5.74) is 1.69. The smallest absolute Gasteiger partial charge is 0.255 e. The maximum absolute atomic E-state index is 13.7. The van der Waals surface area contributed by atoms with Gasteiger partial charge in [-0.2, -0.15) is 0 Å². The van der Waals surface area contributed by atoms with Crippen LogP contribution in [0, 0.1) is 12.7 Å². The van der Waals surface area contributed by atoms with Crippen LogP contribution in [0.2, 0.25) is 0 Å². The number of aryl methyl sites for hydroxylation is 1. The fraction of sp³-hybridized carbons (Fsp3) is 0.333. The molecule has 1 saturated heterocycles. The number of rotatable bonds is 1. The third kappa shape index (κ3) is 2.18. The number of hydrogen-bond acceptors (Lipinski definition) is 2. The lowest BCUT2D eigenvalue weighted by atomic mass is 10.1. The number of carbonyl (C=O) groups is 1. The van der Waals surface area contributed by atoms with Gasteiger partial charge >= 0.3 is 0 Å². The van der Waals surface area contributed by atoms with Crippen molar-refractivity contribution in [1.29, 1.82) is 0 Å². The summed E-state index contributed by atoms with van der Waals surface area (Å²) < 4.78 is 13.7. The Hall–Kier alpha value is -1.97. The summed E-state index contributed by atoms with van der Waals surface area (Å²) in [6, 6.07) is 5.04. The molecule has 0 radical (unpaired) electrons. The first-order chi connectivity index (χ1) is 9.15. The zero-order valence-corrected chi connectivity index (χ0v) is 10.8. The van der Waals surface area contributed by atoms with E-state index in [1.807, 2.05) is 17.9 Å². The number of likely N-dealkylation sites (tertiary alicyclic amines) is 1. The first-order valence-corrected chi connectivity index (χ1v) is 6.50. The van der Waals surface area contributed by atoms with Gasteiger partial charge < -0.3 is 4.90 Å². The highest BCUT2D eigenvalue weighted by molar-refractivity contribution is 5.97. The molecule has 1 fully saturated rings. The molecule has 0 saturated carbocycles. The molecule has 3 rings (SSSR count). The number of hydrogen-bond donors (Lipinski definition) is 0. The van der Waals surface area contributed by atoms with Crippen molar-refractivity contribution < 1.29 is 9.18 Å². The van der Waals surface area contributed by atoms with Gasteiger partial charge in [-0.1, -0.05) is 0 Å². The van der Waals surface area contributed by atoms with E-state index in [1.165, 1.54) is 12.3 Å². The van der Waals surface area contributed by atoms with E-state index in [1.54, 1.807) is 6.07 Å². The summed E-state index contributed by atoms with van der Waals surface area (Å²) in [7, 11) is 0. The Morgan fingerprint density at radius 2 is 2.00 bits per heavy atom. The molecule has 1 aromatic carbocycles. The normalized spacial score (nSPS) is 15.2. The highest BCUT2D eigenvalue weighted by Crippen LogP contribution is 2.20. The van der Waals surface area contributed by atoms with Crippen LogP contribution in [0.3, 0.4) is 0 Å². The molecule has 0 spiro atoms. The second-order valence-corrected chi connectivity index (χ2v) is 5.04. The molecule has 1 aliphatic heterocycles. The van der Waals surface area contributed by atoms with Gasteiger partial charge in [-0.15, -0.1) is 0 Å². The first kappa shape index (κ1) is 12.1. The van der Waals surface area contributed by atoms with Gasteiger partial charge in [0.15, 0.2) is 0 Å². The molecule has 2 heterocycles. The third-order valence-corrected chi connectivity index (χ3v) is 3.52. The average molecular weight is 258 g/mol. The van der Waals surface area contributed by atoms with Crippen LogP contribution in [0.15, 0.2) is 24.4 Å². The summed E-state index contributed by atoms with van der Waals surface area (Å²) in [5.74, 6) is -0.344. The monoisotopic (exact) mass is 258 g/mol. The summed E-state index contributed by atoms with van der Waals surface area (Å²) in [6.07, 6.45) is 3.59. The molecular formula is C15H15FN2O. The zero-order valence-electron chi connectivity index (χ0n) is 10.8. The van der Waals surface area contributed by atoms with Crippen molar-refractivity contribution >= 4 is 16.8 Å². The van der Waals surface area contributed by atoms with Gasteiger partial charge in [-0.25, -0.2) is 4.39 Å². The van der Waals surface area contributed by atoms with E-state index in [0.717, 1.165) is 31.5 Å². The molecule has 3 nitrogen and oxygen atoms in total. The van der Waals surface area contributed by atoms with Gasteiger partial charge in [0.25, 0.3) is 5.91 Å². The molecule has 0 aliphatic carbocycles.